The van der Waals surface area contributed by atoms with E-state index in [1.807, 2.05) is 0 Å². The highest BCUT2D eigenvalue weighted by atomic mass is 19.1. The average Bonchev–Trinajstić information content (AvgIpc) is 3.19. The van der Waals surface area contributed by atoms with E-state index in [1.54, 1.807) is 0 Å². The highest BCUT2D eigenvalue weighted by Gasteiger charge is 2.47. The van der Waals surface area contributed by atoms with Crippen LogP contribution in [-0.4, -0.2) is 56.5 Å². The van der Waals surface area contributed by atoms with Crippen LogP contribution in [0.4, 0.5) is 8.78 Å². The molecule has 1 saturated carbocycles. The fraction of sp³-hybridized carbons (Fsp3) is 0.480. The van der Waals surface area contributed by atoms with Crippen LogP contribution in [0.25, 0.3) is 0 Å². The molecule has 2 bridgehead atoms. The van der Waals surface area contributed by atoms with E-state index in [9.17, 15) is 33.1 Å². The molecule has 1 aromatic heterocycles. The third kappa shape index (κ3) is 4.67. The third-order valence-corrected chi connectivity index (χ3v) is 7.52. The number of benzene rings is 1. The predicted octanol–water partition coefficient (Wildman–Crippen LogP) is 1.10. The van der Waals surface area contributed by atoms with Gasteiger partial charge in [0.1, 0.15) is 17.8 Å². The molecule has 0 spiro atoms. The van der Waals surface area contributed by atoms with Crippen LogP contribution in [0.2, 0.25) is 0 Å². The van der Waals surface area contributed by atoms with Crippen LogP contribution in [0, 0.1) is 11.7 Å². The van der Waals surface area contributed by atoms with E-state index >= 15 is 0 Å². The standard InChI is InChI=1S/C25H27F2N5O5/c26-16-3-1-14(2-4-16)11-28-20(34)18-19(33)22(36)32-12-15-5-8-25(9-6-15,24(32)29-18)30-21(35)23(37)31-10-7-17(27)13-31/h1-4,15,17,33H,5-13H2,(H,28,34)(H,30,35)/t15?,17-,25?/m0/s1. The topological polar surface area (TPSA) is 134 Å². The zero-order valence-electron chi connectivity index (χ0n) is 20.0. The number of hydrogen-bond acceptors (Lipinski definition) is 6. The zero-order valence-corrected chi connectivity index (χ0v) is 20.0. The second-order valence-electron chi connectivity index (χ2n) is 9.97. The van der Waals surface area contributed by atoms with Crippen LogP contribution < -0.4 is 16.2 Å². The molecule has 4 aliphatic rings. The fourth-order valence-corrected chi connectivity index (χ4v) is 5.44. The zero-order chi connectivity index (χ0) is 26.3. The van der Waals surface area contributed by atoms with Gasteiger partial charge >= 0.3 is 11.8 Å². The summed E-state index contributed by atoms with van der Waals surface area (Å²) in [6.07, 6.45) is 1.04. The SMILES string of the molecule is O=C(NC12CCC(CC1)Cn1c2nc(C(=O)NCc2ccc(F)cc2)c(O)c1=O)C(=O)N1CC[C@H](F)C1. The predicted molar refractivity (Wildman–Crippen MR) is 126 cm³/mol. The smallest absolute Gasteiger partial charge is 0.312 e. The number of aromatic hydroxyl groups is 1. The van der Waals surface area contributed by atoms with Gasteiger partial charge in [-0.05, 0) is 55.7 Å². The minimum atomic E-state index is -1.20. The first-order valence-corrected chi connectivity index (χ1v) is 12.3. The Kier molecular flexibility index (Phi) is 6.42. The lowest BCUT2D eigenvalue weighted by Gasteiger charge is -2.37. The summed E-state index contributed by atoms with van der Waals surface area (Å²) in [4.78, 5) is 57.3. The number of nitrogens with zero attached hydrogens (tertiary/aromatic N) is 3. The maximum atomic E-state index is 13.6. The molecule has 37 heavy (non-hydrogen) atoms. The number of likely N-dealkylation sites (tertiary alicyclic amines) is 1. The van der Waals surface area contributed by atoms with E-state index < -0.39 is 52.3 Å². The molecular weight excluding hydrogens is 488 g/mol. The molecule has 1 saturated heterocycles. The molecule has 3 N–H and O–H groups in total. The molecule has 1 aliphatic carbocycles. The summed E-state index contributed by atoms with van der Waals surface area (Å²) in [5.74, 6) is -3.63. The molecule has 4 heterocycles. The normalized spacial score (nSPS) is 24.3. The van der Waals surface area contributed by atoms with E-state index in [4.69, 9.17) is 0 Å². The number of rotatable bonds is 4. The summed E-state index contributed by atoms with van der Waals surface area (Å²) >= 11 is 0. The molecule has 196 valence electrons. The number of halogens is 2. The second-order valence-corrected chi connectivity index (χ2v) is 9.97. The lowest BCUT2D eigenvalue weighted by Crippen LogP contribution is -2.54. The first-order chi connectivity index (χ1) is 17.7. The molecule has 0 radical (unpaired) electrons. The summed E-state index contributed by atoms with van der Waals surface area (Å²) in [6, 6.07) is 5.46. The summed E-state index contributed by atoms with van der Waals surface area (Å²) in [5, 5.41) is 15.9. The quantitative estimate of drug-likeness (QED) is 0.523. The Balaban J connectivity index is 1.45. The lowest BCUT2D eigenvalue weighted by atomic mass is 9.77. The van der Waals surface area contributed by atoms with Crippen LogP contribution >= 0.6 is 0 Å². The molecule has 3 amide bonds. The van der Waals surface area contributed by atoms with E-state index in [1.165, 1.54) is 28.8 Å². The van der Waals surface area contributed by atoms with Crippen molar-refractivity contribution < 1.29 is 28.3 Å². The van der Waals surface area contributed by atoms with Crippen molar-refractivity contribution in [1.29, 1.82) is 0 Å². The van der Waals surface area contributed by atoms with E-state index in [0.29, 0.717) is 31.2 Å². The maximum absolute atomic E-state index is 13.6. The van der Waals surface area contributed by atoms with Crippen LogP contribution in [0.5, 0.6) is 5.75 Å². The molecular formula is C25H27F2N5O5. The molecule has 10 nitrogen and oxygen atoms in total. The number of hydrogen-bond donors (Lipinski definition) is 3. The number of carbonyl (C=O) groups is 3. The summed E-state index contributed by atoms with van der Waals surface area (Å²) in [6.45, 7) is 0.251. The van der Waals surface area contributed by atoms with E-state index in [-0.39, 0.29) is 44.3 Å². The van der Waals surface area contributed by atoms with Gasteiger partial charge in [-0.2, -0.15) is 0 Å². The highest BCUT2D eigenvalue weighted by Crippen LogP contribution is 2.43. The van der Waals surface area contributed by atoms with Crippen LogP contribution in [0.15, 0.2) is 29.1 Å². The van der Waals surface area contributed by atoms with Crippen molar-refractivity contribution in [2.45, 2.75) is 56.9 Å². The molecule has 2 fully saturated rings. The minimum absolute atomic E-state index is 0.00249. The Labute approximate surface area is 210 Å². The van der Waals surface area contributed by atoms with Crippen LogP contribution in [-0.2, 0) is 28.2 Å². The number of aromatic nitrogens is 2. The summed E-state index contributed by atoms with van der Waals surface area (Å²) < 4.78 is 28.0. The number of alkyl halides is 1. The highest BCUT2D eigenvalue weighted by molar-refractivity contribution is 6.35. The Morgan fingerprint density at radius 1 is 1.11 bits per heavy atom. The molecule has 3 aliphatic heterocycles. The largest absolute Gasteiger partial charge is 0.501 e. The first kappa shape index (κ1) is 24.8. The first-order valence-electron chi connectivity index (χ1n) is 12.3. The van der Waals surface area contributed by atoms with Gasteiger partial charge in [0.2, 0.25) is 5.75 Å². The van der Waals surface area contributed by atoms with Gasteiger partial charge in [0, 0.05) is 19.6 Å². The Morgan fingerprint density at radius 2 is 1.81 bits per heavy atom. The van der Waals surface area contributed by atoms with Gasteiger partial charge in [-0.1, -0.05) is 12.1 Å². The van der Waals surface area contributed by atoms with Crippen molar-refractivity contribution in [2.24, 2.45) is 5.92 Å². The van der Waals surface area contributed by atoms with Gasteiger partial charge in [-0.15, -0.1) is 0 Å². The average molecular weight is 516 g/mol. The van der Waals surface area contributed by atoms with Gasteiger partial charge in [-0.3, -0.25) is 23.7 Å². The summed E-state index contributed by atoms with van der Waals surface area (Å²) in [5.41, 5.74) is -1.91. The second kappa shape index (κ2) is 9.56. The van der Waals surface area contributed by atoms with Crippen molar-refractivity contribution in [2.75, 3.05) is 13.1 Å². The van der Waals surface area contributed by atoms with Crippen molar-refractivity contribution in [3.8, 4) is 5.75 Å². The van der Waals surface area contributed by atoms with E-state index in [2.05, 4.69) is 15.6 Å². The van der Waals surface area contributed by atoms with Crippen molar-refractivity contribution in [1.82, 2.24) is 25.1 Å². The van der Waals surface area contributed by atoms with Crippen LogP contribution in [0.3, 0.4) is 0 Å². The van der Waals surface area contributed by atoms with Crippen LogP contribution in [0.1, 0.15) is 54.0 Å². The number of amides is 3. The van der Waals surface area contributed by atoms with Crippen molar-refractivity contribution in [3.63, 3.8) is 0 Å². The number of carbonyl (C=O) groups excluding carboxylic acids is 3. The lowest BCUT2D eigenvalue weighted by molar-refractivity contribution is -0.146. The molecule has 1 atom stereocenters. The minimum Gasteiger partial charge on any atom is -0.501 e. The molecule has 0 unspecified atom stereocenters. The van der Waals surface area contributed by atoms with Gasteiger partial charge in [0.25, 0.3) is 11.5 Å². The Hall–Kier alpha value is -3.83. The molecule has 1 aromatic carbocycles. The Morgan fingerprint density at radius 3 is 2.46 bits per heavy atom. The fourth-order valence-electron chi connectivity index (χ4n) is 5.44. The van der Waals surface area contributed by atoms with E-state index in [0.717, 1.165) is 4.90 Å². The maximum Gasteiger partial charge on any atom is 0.312 e. The van der Waals surface area contributed by atoms with Crippen molar-refractivity contribution in [3.05, 3.63) is 57.5 Å². The van der Waals surface area contributed by atoms with Gasteiger partial charge in [-0.25, -0.2) is 13.8 Å². The third-order valence-electron chi connectivity index (χ3n) is 7.52. The summed E-state index contributed by atoms with van der Waals surface area (Å²) in [7, 11) is 0. The Bertz CT molecular complexity index is 1300. The van der Waals surface area contributed by atoms with Gasteiger partial charge < -0.3 is 20.6 Å². The number of nitrogens with one attached hydrogen (secondary N) is 2. The monoisotopic (exact) mass is 515 g/mol. The molecule has 6 rings (SSSR count). The number of fused-ring (bicyclic) bond motifs is 2. The molecule has 12 heteroatoms. The van der Waals surface area contributed by atoms with Gasteiger partial charge in [0.15, 0.2) is 5.69 Å². The van der Waals surface area contributed by atoms with Gasteiger partial charge in [0.05, 0.1) is 12.1 Å². The molecule has 2 aromatic rings. The van der Waals surface area contributed by atoms with Crippen molar-refractivity contribution >= 4 is 17.7 Å².